The first-order valence-corrected chi connectivity index (χ1v) is 9.26. The summed E-state index contributed by atoms with van der Waals surface area (Å²) < 4.78 is 10.6. The molecule has 0 aromatic heterocycles. The van der Waals surface area contributed by atoms with Crippen LogP contribution < -0.4 is 25.0 Å². The Hall–Kier alpha value is -3.67. The second-order valence-electron chi connectivity index (χ2n) is 6.40. The molecule has 0 unspecified atom stereocenters. The minimum absolute atomic E-state index is 0.302. The molecule has 0 atom stereocenters. The predicted octanol–water partition coefficient (Wildman–Crippen LogP) is 4.79. The second-order valence-corrected chi connectivity index (χ2v) is 6.40. The summed E-state index contributed by atoms with van der Waals surface area (Å²) in [5.41, 5.74) is 3.47. The van der Waals surface area contributed by atoms with Crippen molar-refractivity contribution in [3.8, 4) is 11.5 Å². The molecular formula is C23H25N3O3. The zero-order chi connectivity index (χ0) is 20.6. The minimum Gasteiger partial charge on any atom is -0.497 e. The molecule has 0 heterocycles. The fourth-order valence-electron chi connectivity index (χ4n) is 3.02. The number of nitrogens with one attached hydrogen (secondary N) is 2. The number of carbonyl (C=O) groups is 1. The third-order valence-electron chi connectivity index (χ3n) is 4.58. The van der Waals surface area contributed by atoms with Crippen LogP contribution in [0.1, 0.15) is 5.56 Å². The largest absolute Gasteiger partial charge is 0.497 e. The summed E-state index contributed by atoms with van der Waals surface area (Å²) in [5.74, 6) is 1.40. The van der Waals surface area contributed by atoms with Gasteiger partial charge in [-0.2, -0.15) is 0 Å². The molecule has 2 amide bonds. The molecule has 0 aliphatic heterocycles. The minimum atomic E-state index is -0.302. The number of ether oxygens (including phenoxy) is 2. The predicted molar refractivity (Wildman–Crippen MR) is 116 cm³/mol. The number of hydrogen-bond acceptors (Lipinski definition) is 4. The number of hydrogen-bond donors (Lipinski definition) is 2. The Bertz CT molecular complexity index is 961. The second kappa shape index (κ2) is 9.50. The van der Waals surface area contributed by atoms with Crippen LogP contribution in [0.4, 0.5) is 21.9 Å². The molecule has 0 saturated carbocycles. The molecule has 6 heteroatoms. The van der Waals surface area contributed by atoms with Gasteiger partial charge in [-0.1, -0.05) is 30.3 Å². The van der Waals surface area contributed by atoms with Gasteiger partial charge in [0.1, 0.15) is 11.5 Å². The molecule has 0 aliphatic carbocycles. The summed E-state index contributed by atoms with van der Waals surface area (Å²) in [5, 5.41) is 5.81. The highest BCUT2D eigenvalue weighted by Gasteiger charge is 2.12. The fourth-order valence-corrected chi connectivity index (χ4v) is 3.02. The van der Waals surface area contributed by atoms with Gasteiger partial charge in [0, 0.05) is 24.8 Å². The first kappa shape index (κ1) is 20.1. The van der Waals surface area contributed by atoms with Gasteiger partial charge in [0.05, 0.1) is 25.6 Å². The van der Waals surface area contributed by atoms with Gasteiger partial charge in [-0.05, 0) is 42.5 Å². The molecule has 0 bridgehead atoms. The van der Waals surface area contributed by atoms with Crippen LogP contribution in [0.15, 0.2) is 72.8 Å². The smallest absolute Gasteiger partial charge is 0.319 e. The third-order valence-corrected chi connectivity index (χ3v) is 4.58. The van der Waals surface area contributed by atoms with Crippen LogP contribution in [0.5, 0.6) is 11.5 Å². The van der Waals surface area contributed by atoms with Crippen molar-refractivity contribution >= 4 is 23.1 Å². The fraction of sp³-hybridized carbons (Fsp3) is 0.174. The molecule has 0 fully saturated rings. The van der Waals surface area contributed by atoms with Crippen molar-refractivity contribution in [2.75, 3.05) is 31.5 Å². The zero-order valence-corrected chi connectivity index (χ0v) is 16.8. The van der Waals surface area contributed by atoms with Crippen molar-refractivity contribution in [1.29, 1.82) is 0 Å². The van der Waals surface area contributed by atoms with E-state index < -0.39 is 0 Å². The van der Waals surface area contributed by atoms with Crippen LogP contribution in [-0.4, -0.2) is 27.3 Å². The quantitative estimate of drug-likeness (QED) is 0.608. The van der Waals surface area contributed by atoms with E-state index in [2.05, 4.69) is 10.6 Å². The number of anilines is 3. The molecule has 0 spiro atoms. The number of methoxy groups -OCH3 is 2. The van der Waals surface area contributed by atoms with E-state index in [0.29, 0.717) is 23.7 Å². The number of urea groups is 1. The van der Waals surface area contributed by atoms with Gasteiger partial charge in [-0.3, -0.25) is 0 Å². The zero-order valence-electron chi connectivity index (χ0n) is 16.8. The molecule has 2 N–H and O–H groups in total. The number of para-hydroxylation sites is 3. The summed E-state index contributed by atoms with van der Waals surface area (Å²) in [7, 11) is 5.17. The Labute approximate surface area is 171 Å². The highest BCUT2D eigenvalue weighted by Crippen LogP contribution is 2.30. The van der Waals surface area contributed by atoms with Gasteiger partial charge in [-0.15, -0.1) is 0 Å². The van der Waals surface area contributed by atoms with Gasteiger partial charge in [0.25, 0.3) is 0 Å². The van der Waals surface area contributed by atoms with Crippen LogP contribution in [0.2, 0.25) is 0 Å². The molecule has 29 heavy (non-hydrogen) atoms. The Morgan fingerprint density at radius 2 is 1.66 bits per heavy atom. The lowest BCUT2D eigenvalue weighted by molar-refractivity contribution is 0.251. The highest BCUT2D eigenvalue weighted by molar-refractivity contribution is 5.94. The lowest BCUT2D eigenvalue weighted by Gasteiger charge is -2.23. The lowest BCUT2D eigenvalue weighted by Crippen LogP contribution is -2.29. The number of rotatable bonds is 7. The molecule has 3 aromatic rings. The maximum absolute atomic E-state index is 12.5. The van der Waals surface area contributed by atoms with E-state index in [1.165, 1.54) is 0 Å². The van der Waals surface area contributed by atoms with Crippen LogP contribution in [0.25, 0.3) is 0 Å². The van der Waals surface area contributed by atoms with Crippen molar-refractivity contribution in [2.24, 2.45) is 0 Å². The average molecular weight is 391 g/mol. The van der Waals surface area contributed by atoms with Crippen LogP contribution in [-0.2, 0) is 6.54 Å². The maximum atomic E-state index is 12.5. The number of benzene rings is 3. The normalized spacial score (nSPS) is 10.2. The van der Waals surface area contributed by atoms with E-state index in [-0.39, 0.29) is 6.03 Å². The summed E-state index contributed by atoms with van der Waals surface area (Å²) in [4.78, 5) is 14.6. The topological polar surface area (TPSA) is 62.8 Å². The van der Waals surface area contributed by atoms with Crippen molar-refractivity contribution < 1.29 is 14.3 Å². The van der Waals surface area contributed by atoms with Crippen molar-refractivity contribution in [1.82, 2.24) is 5.32 Å². The van der Waals surface area contributed by atoms with Gasteiger partial charge in [0.2, 0.25) is 0 Å². The average Bonchev–Trinajstić information content (AvgIpc) is 2.78. The Balaban J connectivity index is 1.71. The summed E-state index contributed by atoms with van der Waals surface area (Å²) in [6, 6.07) is 22.8. The van der Waals surface area contributed by atoms with Gasteiger partial charge < -0.3 is 25.0 Å². The molecule has 0 radical (unpaired) electrons. The van der Waals surface area contributed by atoms with Crippen molar-refractivity contribution in [2.45, 2.75) is 6.54 Å². The Morgan fingerprint density at radius 3 is 2.38 bits per heavy atom. The molecule has 3 rings (SSSR count). The molecule has 0 aliphatic rings. The first-order valence-electron chi connectivity index (χ1n) is 9.26. The number of nitrogens with zero attached hydrogens (tertiary/aromatic N) is 1. The number of amides is 2. The molecular weight excluding hydrogens is 366 g/mol. The Kier molecular flexibility index (Phi) is 6.58. The van der Waals surface area contributed by atoms with Gasteiger partial charge in [0.15, 0.2) is 0 Å². The highest BCUT2D eigenvalue weighted by atomic mass is 16.5. The van der Waals surface area contributed by atoms with Gasteiger partial charge in [-0.25, -0.2) is 4.79 Å². The van der Waals surface area contributed by atoms with Crippen LogP contribution in [0, 0.1) is 0 Å². The third kappa shape index (κ3) is 4.99. The SMILES string of the molecule is COc1ccc(OC)c(CNC(=O)Nc2ccccc2N(C)c2ccccc2)c1. The lowest BCUT2D eigenvalue weighted by atomic mass is 10.2. The van der Waals surface area contributed by atoms with Crippen molar-refractivity contribution in [3.05, 3.63) is 78.4 Å². The Morgan fingerprint density at radius 1 is 0.931 bits per heavy atom. The van der Waals surface area contributed by atoms with Crippen LogP contribution in [0.3, 0.4) is 0 Å². The van der Waals surface area contributed by atoms with Crippen molar-refractivity contribution in [3.63, 3.8) is 0 Å². The van der Waals surface area contributed by atoms with E-state index in [9.17, 15) is 4.79 Å². The maximum Gasteiger partial charge on any atom is 0.319 e. The van der Waals surface area contributed by atoms with Crippen LogP contribution >= 0.6 is 0 Å². The monoisotopic (exact) mass is 391 g/mol. The molecule has 6 nitrogen and oxygen atoms in total. The van der Waals surface area contributed by atoms with E-state index in [4.69, 9.17) is 9.47 Å². The molecule has 3 aromatic carbocycles. The van der Waals surface area contributed by atoms with E-state index in [0.717, 1.165) is 16.9 Å². The molecule has 150 valence electrons. The number of carbonyl (C=O) groups excluding carboxylic acids is 1. The standard InChI is InChI=1S/C23H25N3O3/c1-26(18-9-5-4-6-10-18)21-12-8-7-11-20(21)25-23(27)24-16-17-15-19(28-2)13-14-22(17)29-3/h4-15H,16H2,1-3H3,(H2,24,25,27). The first-order chi connectivity index (χ1) is 14.1. The summed E-state index contributed by atoms with van der Waals surface area (Å²) in [6.45, 7) is 0.308. The summed E-state index contributed by atoms with van der Waals surface area (Å²) in [6.07, 6.45) is 0. The van der Waals surface area contributed by atoms with E-state index in [1.54, 1.807) is 14.2 Å². The van der Waals surface area contributed by atoms with E-state index >= 15 is 0 Å². The van der Waals surface area contributed by atoms with E-state index in [1.807, 2.05) is 84.7 Å². The van der Waals surface area contributed by atoms with Gasteiger partial charge >= 0.3 is 6.03 Å². The summed E-state index contributed by atoms with van der Waals surface area (Å²) >= 11 is 0. The molecule has 0 saturated heterocycles.